The molecular formula is C19H20F2N2O. The van der Waals surface area contributed by atoms with Crippen LogP contribution in [-0.4, -0.2) is 18.0 Å². The molecule has 1 aliphatic rings. The van der Waals surface area contributed by atoms with Crippen LogP contribution in [0.3, 0.4) is 0 Å². The van der Waals surface area contributed by atoms with Crippen molar-refractivity contribution in [2.75, 3.05) is 0 Å². The highest BCUT2D eigenvalue weighted by Crippen LogP contribution is 2.23. The van der Waals surface area contributed by atoms with Crippen LogP contribution < -0.4 is 11.1 Å². The summed E-state index contributed by atoms with van der Waals surface area (Å²) in [6.07, 6.45) is 3.39. The summed E-state index contributed by atoms with van der Waals surface area (Å²) in [6.45, 7) is 0. The number of nitrogens with one attached hydrogen (secondary N) is 1. The predicted octanol–water partition coefficient (Wildman–Crippen LogP) is 3.63. The second-order valence-electron chi connectivity index (χ2n) is 6.29. The molecule has 24 heavy (non-hydrogen) atoms. The number of hydrogen-bond acceptors (Lipinski definition) is 2. The first-order valence-electron chi connectivity index (χ1n) is 8.15. The Labute approximate surface area is 139 Å². The zero-order valence-electron chi connectivity index (χ0n) is 13.3. The van der Waals surface area contributed by atoms with E-state index in [9.17, 15) is 13.6 Å². The highest BCUT2D eigenvalue weighted by molar-refractivity contribution is 5.95. The topological polar surface area (TPSA) is 55.1 Å². The van der Waals surface area contributed by atoms with E-state index >= 15 is 0 Å². The van der Waals surface area contributed by atoms with Gasteiger partial charge < -0.3 is 11.1 Å². The first-order valence-corrected chi connectivity index (χ1v) is 8.15. The van der Waals surface area contributed by atoms with Gasteiger partial charge in [-0.1, -0.05) is 18.2 Å². The number of nitrogens with two attached hydrogens (primary N) is 1. The number of hydrogen-bond donors (Lipinski definition) is 2. The summed E-state index contributed by atoms with van der Waals surface area (Å²) in [5.41, 5.74) is 7.17. The van der Waals surface area contributed by atoms with Crippen molar-refractivity contribution in [2.24, 2.45) is 5.73 Å². The van der Waals surface area contributed by atoms with Crippen molar-refractivity contribution in [3.63, 3.8) is 0 Å². The van der Waals surface area contributed by atoms with E-state index in [2.05, 4.69) is 5.32 Å². The van der Waals surface area contributed by atoms with Crippen LogP contribution in [0.1, 0.15) is 36.0 Å². The molecule has 1 aliphatic carbocycles. The van der Waals surface area contributed by atoms with E-state index in [4.69, 9.17) is 5.73 Å². The van der Waals surface area contributed by atoms with Crippen molar-refractivity contribution in [2.45, 2.75) is 37.8 Å². The van der Waals surface area contributed by atoms with Crippen LogP contribution >= 0.6 is 0 Å². The van der Waals surface area contributed by atoms with Gasteiger partial charge in [0.05, 0.1) is 5.56 Å². The van der Waals surface area contributed by atoms with Gasteiger partial charge in [0, 0.05) is 12.1 Å². The van der Waals surface area contributed by atoms with Gasteiger partial charge >= 0.3 is 0 Å². The fraction of sp³-hybridized carbons (Fsp3) is 0.316. The molecule has 0 bridgehead atoms. The minimum absolute atomic E-state index is 0.0238. The fourth-order valence-electron chi connectivity index (χ4n) is 3.05. The van der Waals surface area contributed by atoms with Crippen LogP contribution in [0.15, 0.2) is 42.5 Å². The summed E-state index contributed by atoms with van der Waals surface area (Å²) in [5.74, 6) is -1.33. The summed E-state index contributed by atoms with van der Waals surface area (Å²) < 4.78 is 27.3. The smallest absolute Gasteiger partial charge is 0.254 e. The molecule has 1 amide bonds. The Morgan fingerprint density at radius 1 is 0.958 bits per heavy atom. The van der Waals surface area contributed by atoms with Gasteiger partial charge in [-0.05, 0) is 61.1 Å². The van der Waals surface area contributed by atoms with Gasteiger partial charge in [-0.25, -0.2) is 8.78 Å². The van der Waals surface area contributed by atoms with Gasteiger partial charge in [0.25, 0.3) is 5.91 Å². The predicted molar refractivity (Wildman–Crippen MR) is 89.5 cm³/mol. The Balaban J connectivity index is 1.72. The maximum atomic E-state index is 14.3. The average Bonchev–Trinajstić information content (AvgIpc) is 2.57. The second-order valence-corrected chi connectivity index (χ2v) is 6.29. The SMILES string of the molecule is NC1CCC(NC(=O)c2ccc(-c3ccc(F)cc3)cc2F)CC1. The Bertz CT molecular complexity index is 723. The zero-order chi connectivity index (χ0) is 17.1. The molecule has 2 aromatic carbocycles. The molecular weight excluding hydrogens is 310 g/mol. The van der Waals surface area contributed by atoms with Crippen molar-refractivity contribution in [1.29, 1.82) is 0 Å². The molecule has 0 aliphatic heterocycles. The molecule has 2 aromatic rings. The third kappa shape index (κ3) is 3.79. The molecule has 0 saturated heterocycles. The van der Waals surface area contributed by atoms with Crippen molar-refractivity contribution in [3.8, 4) is 11.1 Å². The van der Waals surface area contributed by atoms with Gasteiger partial charge in [-0.3, -0.25) is 4.79 Å². The number of carbonyl (C=O) groups excluding carboxylic acids is 1. The quantitative estimate of drug-likeness (QED) is 0.903. The summed E-state index contributed by atoms with van der Waals surface area (Å²) in [7, 11) is 0. The van der Waals surface area contributed by atoms with E-state index in [-0.39, 0.29) is 23.5 Å². The van der Waals surface area contributed by atoms with Gasteiger partial charge in [0.1, 0.15) is 11.6 Å². The molecule has 0 heterocycles. The number of benzene rings is 2. The molecule has 3 N–H and O–H groups in total. The van der Waals surface area contributed by atoms with Crippen molar-refractivity contribution >= 4 is 5.91 Å². The molecule has 5 heteroatoms. The monoisotopic (exact) mass is 330 g/mol. The van der Waals surface area contributed by atoms with Gasteiger partial charge in [0.2, 0.25) is 0 Å². The molecule has 3 rings (SSSR count). The van der Waals surface area contributed by atoms with E-state index in [0.29, 0.717) is 11.1 Å². The molecule has 0 radical (unpaired) electrons. The maximum absolute atomic E-state index is 14.3. The Hall–Kier alpha value is -2.27. The third-order valence-electron chi connectivity index (χ3n) is 4.50. The summed E-state index contributed by atoms with van der Waals surface area (Å²) in [6, 6.07) is 10.5. The van der Waals surface area contributed by atoms with Crippen LogP contribution in [-0.2, 0) is 0 Å². The lowest BCUT2D eigenvalue weighted by Crippen LogP contribution is -2.40. The minimum Gasteiger partial charge on any atom is -0.349 e. The maximum Gasteiger partial charge on any atom is 0.254 e. The minimum atomic E-state index is -0.582. The third-order valence-corrected chi connectivity index (χ3v) is 4.50. The molecule has 1 saturated carbocycles. The Kier molecular flexibility index (Phi) is 4.90. The van der Waals surface area contributed by atoms with Crippen molar-refractivity contribution in [3.05, 3.63) is 59.7 Å². The standard InChI is InChI=1S/C19H20F2N2O/c20-14-4-1-12(2-5-14)13-3-10-17(18(21)11-13)19(24)23-16-8-6-15(22)7-9-16/h1-5,10-11,15-16H,6-9,22H2,(H,23,24). The van der Waals surface area contributed by atoms with E-state index in [0.717, 1.165) is 25.7 Å². The largest absolute Gasteiger partial charge is 0.349 e. The van der Waals surface area contributed by atoms with Crippen LogP contribution in [0, 0.1) is 11.6 Å². The van der Waals surface area contributed by atoms with Crippen LogP contribution in [0.25, 0.3) is 11.1 Å². The van der Waals surface area contributed by atoms with Crippen molar-refractivity contribution in [1.82, 2.24) is 5.32 Å². The fourth-order valence-corrected chi connectivity index (χ4v) is 3.05. The molecule has 1 fully saturated rings. The molecule has 0 unspecified atom stereocenters. The van der Waals surface area contributed by atoms with Gasteiger partial charge in [-0.2, -0.15) is 0 Å². The summed E-state index contributed by atoms with van der Waals surface area (Å²) in [4.78, 5) is 12.3. The number of amides is 1. The normalized spacial score (nSPS) is 20.6. The Morgan fingerprint density at radius 3 is 2.21 bits per heavy atom. The lowest BCUT2D eigenvalue weighted by atomic mass is 9.91. The van der Waals surface area contributed by atoms with Crippen LogP contribution in [0.2, 0.25) is 0 Å². The second kappa shape index (κ2) is 7.09. The lowest BCUT2D eigenvalue weighted by Gasteiger charge is -2.26. The van der Waals surface area contributed by atoms with Crippen LogP contribution in [0.5, 0.6) is 0 Å². The molecule has 126 valence electrons. The van der Waals surface area contributed by atoms with Gasteiger partial charge in [-0.15, -0.1) is 0 Å². The number of carbonyl (C=O) groups is 1. The lowest BCUT2D eigenvalue weighted by molar-refractivity contribution is 0.0922. The van der Waals surface area contributed by atoms with Gasteiger partial charge in [0.15, 0.2) is 0 Å². The first kappa shape index (κ1) is 16.6. The highest BCUT2D eigenvalue weighted by atomic mass is 19.1. The van der Waals surface area contributed by atoms with Crippen LogP contribution in [0.4, 0.5) is 8.78 Å². The summed E-state index contributed by atoms with van der Waals surface area (Å²) >= 11 is 0. The van der Waals surface area contributed by atoms with E-state index in [1.165, 1.54) is 24.3 Å². The molecule has 0 spiro atoms. The number of rotatable bonds is 3. The zero-order valence-corrected chi connectivity index (χ0v) is 13.3. The Morgan fingerprint density at radius 2 is 1.58 bits per heavy atom. The van der Waals surface area contributed by atoms with E-state index < -0.39 is 11.7 Å². The number of halogens is 2. The highest BCUT2D eigenvalue weighted by Gasteiger charge is 2.22. The molecule has 3 nitrogen and oxygen atoms in total. The molecule has 0 aromatic heterocycles. The van der Waals surface area contributed by atoms with Crippen molar-refractivity contribution < 1.29 is 13.6 Å². The first-order chi connectivity index (χ1) is 11.5. The molecule has 0 atom stereocenters. The summed E-state index contributed by atoms with van der Waals surface area (Å²) in [5, 5.41) is 2.88. The average molecular weight is 330 g/mol. The van der Waals surface area contributed by atoms with E-state index in [1.807, 2.05) is 0 Å². The van der Waals surface area contributed by atoms with E-state index in [1.54, 1.807) is 18.2 Å².